The Morgan fingerprint density at radius 3 is 2.83 bits per heavy atom. The molecule has 0 aromatic rings. The monoisotopic (exact) mass is 244 g/mol. The summed E-state index contributed by atoms with van der Waals surface area (Å²) in [7, 11) is 6.18. The maximum absolute atomic E-state index is 5.38. The summed E-state index contributed by atoms with van der Waals surface area (Å²) in [5, 5.41) is 0. The molecule has 0 aliphatic carbocycles. The molecule has 7 heteroatoms. The van der Waals surface area contributed by atoms with Gasteiger partial charge in [-0.25, -0.2) is 4.99 Å². The first-order valence-electron chi connectivity index (χ1n) is 3.20. The lowest BCUT2D eigenvalue weighted by Gasteiger charge is -2.07. The van der Waals surface area contributed by atoms with Gasteiger partial charge in [-0.15, -0.1) is 11.7 Å². The minimum Gasteiger partial charge on any atom is -0.469 e. The number of thiol groups is 1. The molecule has 1 atom stereocenters. The summed E-state index contributed by atoms with van der Waals surface area (Å²) in [5.74, 6) is 1.04. The molecular formula is C5H12N2OS4. The topological polar surface area (TPSA) is 47.6 Å². The third-order valence-corrected chi connectivity index (χ3v) is 5.36. The van der Waals surface area contributed by atoms with Crippen LogP contribution in [0.4, 0.5) is 0 Å². The first-order chi connectivity index (χ1) is 5.74. The lowest BCUT2D eigenvalue weighted by molar-refractivity contribution is 0.395. The van der Waals surface area contributed by atoms with Gasteiger partial charge in [-0.1, -0.05) is 39.3 Å². The molecule has 0 aliphatic heterocycles. The summed E-state index contributed by atoms with van der Waals surface area (Å²) >= 11 is 4.07. The number of ether oxygens (including phenoxy) is 1. The number of hydrogen-bond acceptors (Lipinski definition) is 6. The van der Waals surface area contributed by atoms with Crippen molar-refractivity contribution in [2.24, 2.45) is 10.7 Å². The van der Waals surface area contributed by atoms with Crippen LogP contribution in [0.5, 0.6) is 0 Å². The molecule has 0 aliphatic rings. The molecule has 3 nitrogen and oxygen atoms in total. The number of nitrogens with zero attached hydrogens (tertiary/aromatic N) is 1. The van der Waals surface area contributed by atoms with Crippen LogP contribution in [0.2, 0.25) is 0 Å². The van der Waals surface area contributed by atoms with Gasteiger partial charge >= 0.3 is 0 Å². The number of aliphatic imine (C=N–C) groups is 1. The van der Waals surface area contributed by atoms with Gasteiger partial charge in [0.2, 0.25) is 0 Å². The van der Waals surface area contributed by atoms with E-state index in [1.165, 1.54) is 17.9 Å². The fraction of sp³-hybridized carbons (Fsp3) is 0.800. The van der Waals surface area contributed by atoms with Crippen LogP contribution in [-0.4, -0.2) is 23.6 Å². The van der Waals surface area contributed by atoms with E-state index in [0.29, 0.717) is 0 Å². The van der Waals surface area contributed by atoms with Gasteiger partial charge in [-0.2, -0.15) is 0 Å². The highest BCUT2D eigenvalue weighted by Gasteiger charge is 2.06. The lowest BCUT2D eigenvalue weighted by atomic mass is 11.0. The van der Waals surface area contributed by atoms with E-state index in [4.69, 9.17) is 10.5 Å². The molecule has 0 heterocycles. The Bertz CT molecular complexity index is 143. The molecule has 0 fully saturated rings. The number of amidine groups is 1. The zero-order chi connectivity index (χ0) is 9.40. The summed E-state index contributed by atoms with van der Waals surface area (Å²) in [4.78, 5) is 4.05. The van der Waals surface area contributed by atoms with Crippen molar-refractivity contribution in [3.8, 4) is 0 Å². The van der Waals surface area contributed by atoms with Crippen molar-refractivity contribution < 1.29 is 4.74 Å². The van der Waals surface area contributed by atoms with Gasteiger partial charge in [0.25, 0.3) is 6.02 Å². The minimum absolute atomic E-state index is 0.00164. The van der Waals surface area contributed by atoms with Crippen LogP contribution in [0.25, 0.3) is 0 Å². The normalized spacial score (nSPS) is 14.4. The van der Waals surface area contributed by atoms with Gasteiger partial charge in [0.15, 0.2) is 4.71 Å². The van der Waals surface area contributed by atoms with Crippen LogP contribution in [0.1, 0.15) is 6.92 Å². The summed E-state index contributed by atoms with van der Waals surface area (Å²) in [5.41, 5.74) is 5.38. The van der Waals surface area contributed by atoms with Gasteiger partial charge < -0.3 is 10.5 Å². The van der Waals surface area contributed by atoms with Crippen LogP contribution in [0, 0.1) is 0 Å². The average Bonchev–Trinajstić information content (AvgIpc) is 2.11. The zero-order valence-corrected chi connectivity index (χ0v) is 10.2. The van der Waals surface area contributed by atoms with E-state index in [9.17, 15) is 0 Å². The smallest absolute Gasteiger partial charge is 0.283 e. The minimum atomic E-state index is -0.00164. The molecule has 0 saturated carbocycles. The van der Waals surface area contributed by atoms with Crippen molar-refractivity contribution in [2.45, 2.75) is 11.6 Å². The molecule has 0 radical (unpaired) electrons. The number of hydrogen-bond donors (Lipinski definition) is 2. The van der Waals surface area contributed by atoms with Crippen LogP contribution in [-0.2, 0) is 4.74 Å². The molecule has 0 aromatic heterocycles. The van der Waals surface area contributed by atoms with Gasteiger partial charge in [0.1, 0.15) is 0 Å². The average molecular weight is 244 g/mol. The van der Waals surface area contributed by atoms with Crippen LogP contribution in [0.15, 0.2) is 4.99 Å². The van der Waals surface area contributed by atoms with E-state index in [2.05, 4.69) is 23.6 Å². The highest BCUT2D eigenvalue weighted by molar-refractivity contribution is 8.82. The zero-order valence-electron chi connectivity index (χ0n) is 6.89. The lowest BCUT2D eigenvalue weighted by Crippen LogP contribution is -2.15. The molecule has 0 bridgehead atoms. The predicted molar refractivity (Wildman–Crippen MR) is 64.7 cm³/mol. The highest BCUT2D eigenvalue weighted by atomic mass is 33.1. The Kier molecular flexibility index (Phi) is 8.74. The first kappa shape index (κ1) is 12.7. The molecule has 0 saturated heterocycles. The summed E-state index contributed by atoms with van der Waals surface area (Å²) in [6.07, 6.45) is 0. The Morgan fingerprint density at radius 2 is 2.42 bits per heavy atom. The Morgan fingerprint density at radius 1 is 1.75 bits per heavy atom. The standard InChI is InChI=1S/C5H12N2OS4/c1-3-10-12-5(11-9)7-4(6)8-2/h5,9H,3H2,1-2H3,(H2,6,7). The van der Waals surface area contributed by atoms with Crippen molar-refractivity contribution in [3.63, 3.8) is 0 Å². The van der Waals surface area contributed by atoms with E-state index in [1.807, 2.05) is 0 Å². The third-order valence-electron chi connectivity index (χ3n) is 0.800. The largest absolute Gasteiger partial charge is 0.469 e. The Labute approximate surface area is 89.9 Å². The second-order valence-corrected chi connectivity index (χ2v) is 5.91. The summed E-state index contributed by atoms with van der Waals surface area (Å²) in [6, 6.07) is 0.200. The second-order valence-electron chi connectivity index (χ2n) is 1.59. The quantitative estimate of drug-likeness (QED) is 0.255. The van der Waals surface area contributed by atoms with Gasteiger partial charge in [0, 0.05) is 5.75 Å². The highest BCUT2D eigenvalue weighted by Crippen LogP contribution is 2.35. The SMILES string of the molecule is CCSSC(N=C(N)OC)SS. The Hall–Kier alpha value is 0.670. The van der Waals surface area contributed by atoms with Crippen LogP contribution < -0.4 is 5.73 Å². The van der Waals surface area contributed by atoms with Crippen molar-refractivity contribution in [2.75, 3.05) is 12.9 Å². The van der Waals surface area contributed by atoms with Crippen LogP contribution in [0.3, 0.4) is 0 Å². The van der Waals surface area contributed by atoms with Gasteiger partial charge in [0.05, 0.1) is 7.11 Å². The van der Waals surface area contributed by atoms with E-state index in [0.717, 1.165) is 5.75 Å². The fourth-order valence-electron chi connectivity index (χ4n) is 0.345. The molecule has 0 spiro atoms. The molecule has 0 amide bonds. The van der Waals surface area contributed by atoms with Gasteiger partial charge in [-0.3, -0.25) is 0 Å². The van der Waals surface area contributed by atoms with Crippen molar-refractivity contribution >= 4 is 50.1 Å². The van der Waals surface area contributed by atoms with E-state index < -0.39 is 0 Å². The van der Waals surface area contributed by atoms with Crippen molar-refractivity contribution in [1.29, 1.82) is 0 Å². The van der Waals surface area contributed by atoms with Crippen molar-refractivity contribution in [3.05, 3.63) is 0 Å². The number of methoxy groups -OCH3 is 1. The molecule has 0 aromatic carbocycles. The number of nitrogens with two attached hydrogens (primary N) is 1. The Balaban J connectivity index is 3.81. The maximum Gasteiger partial charge on any atom is 0.283 e. The van der Waals surface area contributed by atoms with Crippen molar-refractivity contribution in [1.82, 2.24) is 0 Å². The summed E-state index contributed by atoms with van der Waals surface area (Å²) in [6.45, 7) is 2.08. The molecule has 72 valence electrons. The predicted octanol–water partition coefficient (Wildman–Crippen LogP) is 2.21. The molecule has 2 N–H and O–H groups in total. The fourth-order valence-corrected chi connectivity index (χ4v) is 3.83. The summed E-state index contributed by atoms with van der Waals surface area (Å²) < 4.78 is 4.72. The second kappa shape index (κ2) is 8.28. The maximum atomic E-state index is 5.38. The number of rotatable bonds is 5. The molecule has 0 rings (SSSR count). The first-order valence-corrected chi connectivity index (χ1v) is 7.51. The van der Waals surface area contributed by atoms with E-state index in [-0.39, 0.29) is 10.7 Å². The van der Waals surface area contributed by atoms with E-state index >= 15 is 0 Å². The van der Waals surface area contributed by atoms with Crippen LogP contribution >= 0.6 is 44.0 Å². The van der Waals surface area contributed by atoms with E-state index in [1.54, 1.807) is 21.6 Å². The molecule has 1 unspecified atom stereocenters. The third kappa shape index (κ3) is 6.22. The van der Waals surface area contributed by atoms with Gasteiger partial charge in [-0.05, 0) is 0 Å². The molecular weight excluding hydrogens is 232 g/mol. The molecule has 12 heavy (non-hydrogen) atoms.